The zero-order valence-corrected chi connectivity index (χ0v) is 17.0. The normalized spacial score (nSPS) is 11.3. The number of rotatable bonds is 6. The monoisotopic (exact) mass is 453 g/mol. The fraction of sp³-hybridized carbons (Fsp3) is 0.0526. The molecule has 1 heterocycles. The first kappa shape index (κ1) is 21.2. The molecular formula is C19H14Cl2FN3O3S. The van der Waals surface area contributed by atoms with Crippen LogP contribution in [-0.4, -0.2) is 19.3 Å². The maximum atomic E-state index is 14.2. The van der Waals surface area contributed by atoms with Crippen molar-refractivity contribution in [2.45, 2.75) is 11.4 Å². The molecule has 150 valence electrons. The third-order valence-corrected chi connectivity index (χ3v) is 6.00. The number of sulfonamides is 1. The molecule has 2 aromatic carbocycles. The largest absolute Gasteiger partial charge is 0.322 e. The molecule has 29 heavy (non-hydrogen) atoms. The molecule has 0 saturated carbocycles. The molecule has 2 N–H and O–H groups in total. The van der Waals surface area contributed by atoms with Crippen molar-refractivity contribution < 1.29 is 17.6 Å². The second-order valence-electron chi connectivity index (χ2n) is 5.91. The molecule has 6 nitrogen and oxygen atoms in total. The smallest absolute Gasteiger partial charge is 0.255 e. The van der Waals surface area contributed by atoms with Crippen molar-refractivity contribution in [3.63, 3.8) is 0 Å². The minimum atomic E-state index is -4.20. The Balaban J connectivity index is 1.81. The highest BCUT2D eigenvalue weighted by molar-refractivity contribution is 7.89. The Morgan fingerprint density at radius 1 is 1.07 bits per heavy atom. The van der Waals surface area contributed by atoms with E-state index in [9.17, 15) is 17.6 Å². The first-order valence-electron chi connectivity index (χ1n) is 8.21. The summed E-state index contributed by atoms with van der Waals surface area (Å²) in [6, 6.07) is 10.9. The van der Waals surface area contributed by atoms with Crippen LogP contribution in [0.2, 0.25) is 10.0 Å². The summed E-state index contributed by atoms with van der Waals surface area (Å²) in [6.07, 6.45) is 3.04. The number of halogens is 3. The first-order valence-corrected chi connectivity index (χ1v) is 10.4. The van der Waals surface area contributed by atoms with E-state index in [0.717, 1.165) is 12.1 Å². The molecule has 0 aliphatic carbocycles. The van der Waals surface area contributed by atoms with Crippen molar-refractivity contribution in [1.82, 2.24) is 9.71 Å². The second-order valence-corrected chi connectivity index (χ2v) is 8.46. The molecule has 1 aromatic heterocycles. The molecule has 3 aromatic rings. The van der Waals surface area contributed by atoms with Crippen molar-refractivity contribution in [2.75, 3.05) is 5.32 Å². The number of anilines is 1. The van der Waals surface area contributed by atoms with Crippen molar-refractivity contribution in [1.29, 1.82) is 0 Å². The van der Waals surface area contributed by atoms with Gasteiger partial charge in [-0.1, -0.05) is 29.3 Å². The van der Waals surface area contributed by atoms with Crippen LogP contribution in [0.15, 0.2) is 65.8 Å². The van der Waals surface area contributed by atoms with Crippen molar-refractivity contribution in [3.05, 3.63) is 87.9 Å². The molecule has 3 rings (SSSR count). The van der Waals surface area contributed by atoms with Gasteiger partial charge in [0.1, 0.15) is 10.7 Å². The Hall–Kier alpha value is -2.52. The highest BCUT2D eigenvalue weighted by Crippen LogP contribution is 2.25. The number of pyridine rings is 1. The van der Waals surface area contributed by atoms with E-state index in [1.807, 2.05) is 0 Å². The average molecular weight is 454 g/mol. The fourth-order valence-electron chi connectivity index (χ4n) is 2.39. The number of aromatic nitrogens is 1. The third-order valence-electron chi connectivity index (χ3n) is 3.85. The van der Waals surface area contributed by atoms with E-state index in [-0.39, 0.29) is 17.1 Å². The van der Waals surface area contributed by atoms with E-state index in [2.05, 4.69) is 15.0 Å². The van der Waals surface area contributed by atoms with E-state index in [0.29, 0.717) is 16.3 Å². The van der Waals surface area contributed by atoms with Gasteiger partial charge in [0.05, 0.1) is 10.0 Å². The molecule has 0 unspecified atom stereocenters. The molecule has 0 atom stereocenters. The lowest BCUT2D eigenvalue weighted by Crippen LogP contribution is -2.25. The number of hydrogen-bond acceptors (Lipinski definition) is 4. The maximum Gasteiger partial charge on any atom is 0.255 e. The van der Waals surface area contributed by atoms with Crippen molar-refractivity contribution >= 4 is 44.8 Å². The molecule has 0 fully saturated rings. The van der Waals surface area contributed by atoms with E-state index in [4.69, 9.17) is 23.2 Å². The second kappa shape index (κ2) is 8.87. The number of amides is 1. The van der Waals surface area contributed by atoms with Gasteiger partial charge in [0.25, 0.3) is 5.91 Å². The number of benzene rings is 2. The summed E-state index contributed by atoms with van der Waals surface area (Å²) in [5, 5.41) is 3.12. The van der Waals surface area contributed by atoms with Crippen LogP contribution >= 0.6 is 23.2 Å². The van der Waals surface area contributed by atoms with Gasteiger partial charge in [-0.15, -0.1) is 0 Å². The molecule has 0 bridgehead atoms. The highest BCUT2D eigenvalue weighted by atomic mass is 35.5. The lowest BCUT2D eigenvalue weighted by Gasteiger charge is -2.10. The third kappa shape index (κ3) is 5.30. The number of hydrogen-bond donors (Lipinski definition) is 2. The summed E-state index contributed by atoms with van der Waals surface area (Å²) < 4.78 is 41.5. The molecule has 0 radical (unpaired) electrons. The van der Waals surface area contributed by atoms with Gasteiger partial charge in [-0.05, 0) is 48.0 Å². The Bertz CT molecular complexity index is 1160. The van der Waals surface area contributed by atoms with Crippen LogP contribution in [0, 0.1) is 5.82 Å². The number of nitrogens with zero attached hydrogens (tertiary/aromatic N) is 1. The molecule has 1 amide bonds. The summed E-state index contributed by atoms with van der Waals surface area (Å²) in [7, 11) is -4.20. The number of carbonyl (C=O) groups is 1. The standard InChI is InChI=1S/C19H14Cl2FN3O3S/c20-15-5-4-14(9-16(15)21)25-19(26)13-3-6-17(22)18(8-13)29(27,28)24-11-12-2-1-7-23-10-12/h1-10,24H,11H2,(H,25,26). The van der Waals surface area contributed by atoms with E-state index in [1.165, 1.54) is 30.5 Å². The van der Waals surface area contributed by atoms with Gasteiger partial charge >= 0.3 is 0 Å². The highest BCUT2D eigenvalue weighted by Gasteiger charge is 2.21. The Morgan fingerprint density at radius 2 is 1.86 bits per heavy atom. The summed E-state index contributed by atoms with van der Waals surface area (Å²) >= 11 is 11.7. The zero-order chi connectivity index (χ0) is 21.0. The molecule has 0 saturated heterocycles. The predicted molar refractivity (Wildman–Crippen MR) is 109 cm³/mol. The fourth-order valence-corrected chi connectivity index (χ4v) is 3.80. The van der Waals surface area contributed by atoms with Gasteiger partial charge in [-0.2, -0.15) is 0 Å². The van der Waals surface area contributed by atoms with Crippen molar-refractivity contribution in [2.24, 2.45) is 0 Å². The maximum absolute atomic E-state index is 14.2. The summed E-state index contributed by atoms with van der Waals surface area (Å²) in [6.45, 7) is -0.0741. The minimum absolute atomic E-state index is 0.0424. The van der Waals surface area contributed by atoms with Crippen LogP contribution in [0.3, 0.4) is 0 Å². The van der Waals surface area contributed by atoms with E-state index in [1.54, 1.807) is 18.3 Å². The van der Waals surface area contributed by atoms with Crippen molar-refractivity contribution in [3.8, 4) is 0 Å². The Labute approximate surface area is 176 Å². The number of carbonyl (C=O) groups excluding carboxylic acids is 1. The average Bonchev–Trinajstić information content (AvgIpc) is 2.70. The van der Waals surface area contributed by atoms with Gasteiger partial charge in [-0.3, -0.25) is 9.78 Å². The van der Waals surface area contributed by atoms with Crippen LogP contribution < -0.4 is 10.0 Å². The summed E-state index contributed by atoms with van der Waals surface area (Å²) in [4.78, 5) is 15.7. The van der Waals surface area contributed by atoms with Gasteiger partial charge in [0, 0.05) is 30.2 Å². The van der Waals surface area contributed by atoms with Crippen LogP contribution in [0.1, 0.15) is 15.9 Å². The summed E-state index contributed by atoms with van der Waals surface area (Å²) in [5.41, 5.74) is 0.914. The van der Waals surface area contributed by atoms with Crippen LogP contribution in [0.5, 0.6) is 0 Å². The zero-order valence-electron chi connectivity index (χ0n) is 14.7. The Kier molecular flexibility index (Phi) is 6.49. The Morgan fingerprint density at radius 3 is 2.55 bits per heavy atom. The van der Waals surface area contributed by atoms with E-state index >= 15 is 0 Å². The summed E-state index contributed by atoms with van der Waals surface area (Å²) in [5.74, 6) is -1.61. The molecule has 10 heteroatoms. The number of nitrogens with one attached hydrogen (secondary N) is 2. The molecule has 0 aliphatic heterocycles. The van der Waals surface area contributed by atoms with E-state index < -0.39 is 26.6 Å². The van der Waals surface area contributed by atoms with Gasteiger partial charge in [0.2, 0.25) is 10.0 Å². The minimum Gasteiger partial charge on any atom is -0.322 e. The predicted octanol–water partition coefficient (Wildman–Crippen LogP) is 4.26. The lowest BCUT2D eigenvalue weighted by atomic mass is 10.2. The SMILES string of the molecule is O=C(Nc1ccc(Cl)c(Cl)c1)c1ccc(F)c(S(=O)(=O)NCc2cccnc2)c1. The molecule has 0 spiro atoms. The van der Waals surface area contributed by atoms with Gasteiger partial charge in [0.15, 0.2) is 0 Å². The molecular weight excluding hydrogens is 440 g/mol. The van der Waals surface area contributed by atoms with Crippen LogP contribution in [0.4, 0.5) is 10.1 Å². The topological polar surface area (TPSA) is 88.2 Å². The first-order chi connectivity index (χ1) is 13.8. The van der Waals surface area contributed by atoms with Crippen LogP contribution in [0.25, 0.3) is 0 Å². The van der Waals surface area contributed by atoms with Gasteiger partial charge in [-0.25, -0.2) is 17.5 Å². The lowest BCUT2D eigenvalue weighted by molar-refractivity contribution is 0.102. The van der Waals surface area contributed by atoms with Gasteiger partial charge < -0.3 is 5.32 Å². The van der Waals surface area contributed by atoms with Crippen LogP contribution in [-0.2, 0) is 16.6 Å². The quantitative estimate of drug-likeness (QED) is 0.583. The molecule has 0 aliphatic rings.